The third-order valence-electron chi connectivity index (χ3n) is 4.36. The van der Waals surface area contributed by atoms with Crippen LogP contribution in [0, 0.1) is 5.82 Å². The normalized spacial score (nSPS) is 16.8. The topological polar surface area (TPSA) is 63.1 Å². The Morgan fingerprint density at radius 1 is 1.31 bits per heavy atom. The van der Waals surface area contributed by atoms with Crippen LogP contribution in [0.1, 0.15) is 6.42 Å². The van der Waals surface area contributed by atoms with E-state index in [1.807, 2.05) is 5.38 Å². The molecule has 1 amide bonds. The molecule has 0 radical (unpaired) electrons. The monoisotopic (exact) mass is 371 g/mol. The molecular weight excluding hydrogens is 353 g/mol. The second-order valence-corrected chi connectivity index (χ2v) is 7.12. The Morgan fingerprint density at radius 2 is 2.15 bits per heavy atom. The minimum atomic E-state index is -0.274. The summed E-state index contributed by atoms with van der Waals surface area (Å²) in [6.07, 6.45) is 6.18. The zero-order valence-electron chi connectivity index (χ0n) is 14.0. The highest BCUT2D eigenvalue weighted by molar-refractivity contribution is 7.13. The predicted molar refractivity (Wildman–Crippen MR) is 98.5 cm³/mol. The van der Waals surface area contributed by atoms with Crippen molar-refractivity contribution >= 4 is 22.4 Å². The second-order valence-electron chi connectivity index (χ2n) is 6.25. The summed E-state index contributed by atoms with van der Waals surface area (Å²) in [5, 5.41) is 10.2. The van der Waals surface area contributed by atoms with Crippen molar-refractivity contribution in [1.82, 2.24) is 20.1 Å². The van der Waals surface area contributed by atoms with E-state index in [0.29, 0.717) is 0 Å². The lowest BCUT2D eigenvalue weighted by atomic mass is 10.1. The number of amides is 1. The van der Waals surface area contributed by atoms with Gasteiger partial charge in [-0.25, -0.2) is 9.37 Å². The molecule has 1 fully saturated rings. The Balaban J connectivity index is 1.32. The van der Waals surface area contributed by atoms with Crippen molar-refractivity contribution in [2.45, 2.75) is 19.0 Å². The number of anilines is 1. The average Bonchev–Trinajstić information content (AvgIpc) is 3.36. The molecule has 2 aromatic heterocycles. The van der Waals surface area contributed by atoms with Gasteiger partial charge < -0.3 is 10.2 Å². The summed E-state index contributed by atoms with van der Waals surface area (Å²) in [6.45, 7) is 1.84. The van der Waals surface area contributed by atoms with Gasteiger partial charge in [0.05, 0.1) is 6.20 Å². The highest BCUT2D eigenvalue weighted by atomic mass is 32.1. The molecule has 3 heterocycles. The van der Waals surface area contributed by atoms with Gasteiger partial charge >= 0.3 is 0 Å². The van der Waals surface area contributed by atoms with E-state index in [9.17, 15) is 9.18 Å². The van der Waals surface area contributed by atoms with Crippen LogP contribution in [0.5, 0.6) is 0 Å². The zero-order chi connectivity index (χ0) is 17.9. The van der Waals surface area contributed by atoms with Crippen molar-refractivity contribution in [2.75, 3.05) is 18.0 Å². The minimum absolute atomic E-state index is 0.0651. The number of benzene rings is 1. The number of thiazole rings is 1. The first-order chi connectivity index (χ1) is 12.7. The van der Waals surface area contributed by atoms with Crippen LogP contribution in [0.4, 0.5) is 9.52 Å². The van der Waals surface area contributed by atoms with Gasteiger partial charge in [0.1, 0.15) is 12.4 Å². The fourth-order valence-corrected chi connectivity index (χ4v) is 3.77. The smallest absolute Gasteiger partial charge is 0.242 e. The van der Waals surface area contributed by atoms with Crippen molar-refractivity contribution in [3.8, 4) is 11.1 Å². The summed E-state index contributed by atoms with van der Waals surface area (Å²) in [7, 11) is 0. The van der Waals surface area contributed by atoms with Gasteiger partial charge in [0, 0.05) is 42.5 Å². The fourth-order valence-electron chi connectivity index (χ4n) is 3.09. The molecule has 134 valence electrons. The van der Waals surface area contributed by atoms with Crippen molar-refractivity contribution in [2.24, 2.45) is 0 Å². The molecule has 1 unspecified atom stereocenters. The van der Waals surface area contributed by atoms with E-state index in [-0.39, 0.29) is 24.3 Å². The van der Waals surface area contributed by atoms with Crippen LogP contribution in [-0.4, -0.2) is 39.8 Å². The maximum absolute atomic E-state index is 13.0. The molecule has 1 aliphatic heterocycles. The number of carbonyl (C=O) groups is 1. The Bertz CT molecular complexity index is 877. The third-order valence-corrected chi connectivity index (χ3v) is 5.19. The molecule has 0 bridgehead atoms. The molecule has 1 aromatic carbocycles. The van der Waals surface area contributed by atoms with Gasteiger partial charge in [0.25, 0.3) is 0 Å². The summed E-state index contributed by atoms with van der Waals surface area (Å²) in [6, 6.07) is 6.34. The third kappa shape index (κ3) is 3.75. The van der Waals surface area contributed by atoms with Crippen LogP contribution in [0.3, 0.4) is 0 Å². The second kappa shape index (κ2) is 7.25. The van der Waals surface area contributed by atoms with Crippen LogP contribution in [-0.2, 0) is 11.3 Å². The number of nitrogens with zero attached hydrogens (tertiary/aromatic N) is 4. The fraction of sp³-hybridized carbons (Fsp3) is 0.278. The average molecular weight is 371 g/mol. The molecule has 0 saturated carbocycles. The summed E-state index contributed by atoms with van der Waals surface area (Å²) >= 11 is 1.61. The van der Waals surface area contributed by atoms with Crippen molar-refractivity contribution < 1.29 is 9.18 Å². The van der Waals surface area contributed by atoms with Gasteiger partial charge in [0.2, 0.25) is 5.91 Å². The summed E-state index contributed by atoms with van der Waals surface area (Å²) < 4.78 is 14.6. The van der Waals surface area contributed by atoms with E-state index in [1.165, 1.54) is 12.1 Å². The highest BCUT2D eigenvalue weighted by Crippen LogP contribution is 2.22. The number of halogens is 1. The van der Waals surface area contributed by atoms with Gasteiger partial charge in [-0.3, -0.25) is 9.48 Å². The molecule has 1 saturated heterocycles. The lowest BCUT2D eigenvalue weighted by Gasteiger charge is -2.15. The van der Waals surface area contributed by atoms with Gasteiger partial charge in [-0.15, -0.1) is 11.3 Å². The number of carbonyl (C=O) groups excluding carboxylic acids is 1. The molecule has 0 aliphatic carbocycles. The van der Waals surface area contributed by atoms with Gasteiger partial charge in [-0.2, -0.15) is 5.10 Å². The Labute approximate surface area is 154 Å². The van der Waals surface area contributed by atoms with Gasteiger partial charge in [0.15, 0.2) is 5.13 Å². The van der Waals surface area contributed by atoms with Crippen LogP contribution in [0.15, 0.2) is 48.2 Å². The molecular formula is C18H18FN5OS. The number of aromatic nitrogens is 3. The largest absolute Gasteiger partial charge is 0.350 e. The number of nitrogens with one attached hydrogen (secondary N) is 1. The van der Waals surface area contributed by atoms with Crippen molar-refractivity contribution in [3.05, 3.63) is 54.1 Å². The Hall–Kier alpha value is -2.74. The predicted octanol–water partition coefficient (Wildman–Crippen LogP) is 2.54. The molecule has 26 heavy (non-hydrogen) atoms. The number of hydrogen-bond donors (Lipinski definition) is 1. The maximum Gasteiger partial charge on any atom is 0.242 e. The molecule has 6 nitrogen and oxygen atoms in total. The summed E-state index contributed by atoms with van der Waals surface area (Å²) in [4.78, 5) is 18.8. The molecule has 8 heteroatoms. The Morgan fingerprint density at radius 3 is 2.92 bits per heavy atom. The van der Waals surface area contributed by atoms with Crippen molar-refractivity contribution in [3.63, 3.8) is 0 Å². The molecule has 3 aromatic rings. The Kier molecular flexibility index (Phi) is 4.66. The lowest BCUT2D eigenvalue weighted by Crippen LogP contribution is -2.39. The number of hydrogen-bond acceptors (Lipinski definition) is 5. The first-order valence-electron chi connectivity index (χ1n) is 8.39. The van der Waals surface area contributed by atoms with E-state index in [1.54, 1.807) is 46.7 Å². The quantitative estimate of drug-likeness (QED) is 0.749. The van der Waals surface area contributed by atoms with E-state index in [2.05, 4.69) is 20.3 Å². The van der Waals surface area contributed by atoms with Crippen LogP contribution >= 0.6 is 11.3 Å². The van der Waals surface area contributed by atoms with Crippen LogP contribution < -0.4 is 10.2 Å². The first kappa shape index (κ1) is 16.7. The molecule has 0 spiro atoms. The van der Waals surface area contributed by atoms with E-state index in [4.69, 9.17) is 0 Å². The van der Waals surface area contributed by atoms with E-state index >= 15 is 0 Å². The SMILES string of the molecule is O=C(Cn1cc(-c2ccc(F)cc2)cn1)NC1CCN(c2nccs2)C1. The zero-order valence-corrected chi connectivity index (χ0v) is 14.8. The molecule has 1 N–H and O–H groups in total. The highest BCUT2D eigenvalue weighted by Gasteiger charge is 2.25. The minimum Gasteiger partial charge on any atom is -0.350 e. The lowest BCUT2D eigenvalue weighted by molar-refractivity contribution is -0.122. The van der Waals surface area contributed by atoms with E-state index < -0.39 is 0 Å². The van der Waals surface area contributed by atoms with Crippen molar-refractivity contribution in [1.29, 1.82) is 0 Å². The summed E-state index contributed by atoms with van der Waals surface area (Å²) in [5.41, 5.74) is 1.72. The number of rotatable bonds is 5. The maximum atomic E-state index is 13.0. The van der Waals surface area contributed by atoms with Gasteiger partial charge in [-0.1, -0.05) is 12.1 Å². The van der Waals surface area contributed by atoms with Gasteiger partial charge in [-0.05, 0) is 24.1 Å². The molecule has 1 atom stereocenters. The van der Waals surface area contributed by atoms with Crippen LogP contribution in [0.25, 0.3) is 11.1 Å². The van der Waals surface area contributed by atoms with Crippen LogP contribution in [0.2, 0.25) is 0 Å². The van der Waals surface area contributed by atoms with E-state index in [0.717, 1.165) is 35.8 Å². The molecule has 1 aliphatic rings. The molecule has 4 rings (SSSR count). The first-order valence-corrected chi connectivity index (χ1v) is 9.27. The standard InChI is InChI=1S/C18H18FN5OS/c19-15-3-1-13(2-4-15)14-9-21-24(10-14)12-17(25)22-16-5-7-23(11-16)18-20-6-8-26-18/h1-4,6,8-10,16H,5,7,11-12H2,(H,22,25). The summed E-state index contributed by atoms with van der Waals surface area (Å²) in [5.74, 6) is -0.339.